The Labute approximate surface area is 122 Å². The second kappa shape index (κ2) is 7.96. The number of aliphatic carboxylic acids is 1. The van der Waals surface area contributed by atoms with E-state index in [9.17, 15) is 9.90 Å². The quantitative estimate of drug-likeness (QED) is 0.711. The zero-order valence-corrected chi connectivity index (χ0v) is 13.3. The fourth-order valence-electron chi connectivity index (χ4n) is 2.84. The molecule has 5 heteroatoms. The highest BCUT2D eigenvalue weighted by atomic mass is 16.5. The van der Waals surface area contributed by atoms with E-state index in [1.165, 1.54) is 0 Å². The Morgan fingerprint density at radius 3 is 2.80 bits per heavy atom. The lowest BCUT2D eigenvalue weighted by Crippen LogP contribution is -2.60. The monoisotopic (exact) mass is 286 g/mol. The number of likely N-dealkylation sites (tertiary alicyclic amines) is 1. The van der Waals surface area contributed by atoms with Gasteiger partial charge in [0.2, 0.25) is 0 Å². The van der Waals surface area contributed by atoms with Crippen molar-refractivity contribution < 1.29 is 14.6 Å². The number of carboxylic acid groups (broad SMARTS) is 1. The molecule has 0 amide bonds. The number of piperidine rings is 1. The van der Waals surface area contributed by atoms with Crippen molar-refractivity contribution in [1.82, 2.24) is 10.2 Å². The summed E-state index contributed by atoms with van der Waals surface area (Å²) in [7, 11) is 0. The molecule has 1 saturated heterocycles. The molecule has 0 bridgehead atoms. The van der Waals surface area contributed by atoms with E-state index in [1.54, 1.807) is 6.92 Å². The summed E-state index contributed by atoms with van der Waals surface area (Å²) in [6.45, 7) is 10.9. The van der Waals surface area contributed by atoms with Crippen LogP contribution in [0.25, 0.3) is 0 Å². The zero-order chi connectivity index (χ0) is 15.2. The first-order chi connectivity index (χ1) is 9.37. The van der Waals surface area contributed by atoms with Gasteiger partial charge >= 0.3 is 5.97 Å². The van der Waals surface area contributed by atoms with Crippen LogP contribution < -0.4 is 5.32 Å². The van der Waals surface area contributed by atoms with Crippen molar-refractivity contribution in [3.05, 3.63) is 0 Å². The molecular weight excluding hydrogens is 256 g/mol. The summed E-state index contributed by atoms with van der Waals surface area (Å²) in [4.78, 5) is 13.8. The number of nitrogens with zero attached hydrogens (tertiary/aromatic N) is 1. The summed E-state index contributed by atoms with van der Waals surface area (Å²) in [5.74, 6) is -0.789. The number of rotatable bonds is 8. The molecule has 0 aromatic carbocycles. The molecule has 118 valence electrons. The predicted molar refractivity (Wildman–Crippen MR) is 80.0 cm³/mol. The van der Waals surface area contributed by atoms with Crippen molar-refractivity contribution in [2.24, 2.45) is 0 Å². The van der Waals surface area contributed by atoms with Crippen LogP contribution in [0.4, 0.5) is 0 Å². The third kappa shape index (κ3) is 5.38. The lowest BCUT2D eigenvalue weighted by molar-refractivity contribution is -0.145. The summed E-state index contributed by atoms with van der Waals surface area (Å²) in [6, 6.07) is 0.146. The summed E-state index contributed by atoms with van der Waals surface area (Å²) < 4.78 is 5.81. The minimum Gasteiger partial charge on any atom is -0.480 e. The van der Waals surface area contributed by atoms with Crippen LogP contribution in [-0.2, 0) is 9.53 Å². The van der Waals surface area contributed by atoms with Crippen LogP contribution in [0, 0.1) is 0 Å². The van der Waals surface area contributed by atoms with Gasteiger partial charge in [0.1, 0.15) is 5.54 Å². The first-order valence-corrected chi connectivity index (χ1v) is 7.72. The Hall–Kier alpha value is -0.650. The fraction of sp³-hybridized carbons (Fsp3) is 0.933. The van der Waals surface area contributed by atoms with Crippen LogP contribution in [0.15, 0.2) is 0 Å². The molecule has 2 unspecified atom stereocenters. The maximum atomic E-state index is 11.6. The molecule has 20 heavy (non-hydrogen) atoms. The zero-order valence-electron chi connectivity index (χ0n) is 13.3. The summed E-state index contributed by atoms with van der Waals surface area (Å²) >= 11 is 0. The van der Waals surface area contributed by atoms with Gasteiger partial charge < -0.3 is 9.84 Å². The van der Waals surface area contributed by atoms with Gasteiger partial charge in [-0.3, -0.25) is 15.0 Å². The third-order valence-corrected chi connectivity index (χ3v) is 3.64. The SMILES string of the molecule is CCCOC1CCCN(CC(C)(NC(C)C)C(=O)O)C1. The Bertz CT molecular complexity index is 309. The van der Waals surface area contributed by atoms with E-state index in [0.717, 1.165) is 39.0 Å². The summed E-state index contributed by atoms with van der Waals surface area (Å²) in [5.41, 5.74) is -0.902. The Balaban J connectivity index is 2.57. The number of nitrogens with one attached hydrogen (secondary N) is 1. The lowest BCUT2D eigenvalue weighted by Gasteiger charge is -2.38. The molecule has 1 rings (SSSR count). The average Bonchev–Trinajstić information content (AvgIpc) is 2.35. The van der Waals surface area contributed by atoms with E-state index in [0.29, 0.717) is 6.54 Å². The standard InChI is InChI=1S/C15H30N2O3/c1-5-9-20-13-7-6-8-17(10-13)11-15(4,14(18)19)16-12(2)3/h12-13,16H,5-11H2,1-4H3,(H,18,19). The van der Waals surface area contributed by atoms with Gasteiger partial charge in [0.15, 0.2) is 0 Å². The van der Waals surface area contributed by atoms with Crippen LogP contribution in [0.5, 0.6) is 0 Å². The van der Waals surface area contributed by atoms with E-state index in [4.69, 9.17) is 4.74 Å². The summed E-state index contributed by atoms with van der Waals surface area (Å²) in [6.07, 6.45) is 3.43. The number of carboxylic acids is 1. The van der Waals surface area contributed by atoms with E-state index >= 15 is 0 Å². The van der Waals surface area contributed by atoms with Gasteiger partial charge in [-0.2, -0.15) is 0 Å². The molecule has 0 aromatic heterocycles. The Kier molecular flexibility index (Phi) is 6.92. The second-order valence-corrected chi connectivity index (χ2v) is 6.31. The maximum absolute atomic E-state index is 11.6. The van der Waals surface area contributed by atoms with E-state index in [-0.39, 0.29) is 12.1 Å². The van der Waals surface area contributed by atoms with Gasteiger partial charge in [-0.05, 0) is 46.6 Å². The van der Waals surface area contributed by atoms with Gasteiger partial charge in [-0.1, -0.05) is 6.92 Å². The highest BCUT2D eigenvalue weighted by Gasteiger charge is 2.36. The molecule has 0 radical (unpaired) electrons. The number of hydrogen-bond donors (Lipinski definition) is 2. The minimum atomic E-state index is -0.902. The van der Waals surface area contributed by atoms with Crippen LogP contribution in [0.1, 0.15) is 47.0 Å². The first-order valence-electron chi connectivity index (χ1n) is 7.72. The molecule has 5 nitrogen and oxygen atoms in total. The van der Waals surface area contributed by atoms with E-state index in [1.807, 2.05) is 13.8 Å². The van der Waals surface area contributed by atoms with Crippen molar-refractivity contribution in [3.8, 4) is 0 Å². The lowest BCUT2D eigenvalue weighted by atomic mass is 9.98. The fourth-order valence-corrected chi connectivity index (χ4v) is 2.84. The molecule has 1 fully saturated rings. The van der Waals surface area contributed by atoms with Crippen LogP contribution in [0.2, 0.25) is 0 Å². The van der Waals surface area contributed by atoms with Crippen molar-refractivity contribution >= 4 is 5.97 Å². The van der Waals surface area contributed by atoms with Crippen molar-refractivity contribution in [1.29, 1.82) is 0 Å². The maximum Gasteiger partial charge on any atom is 0.324 e. The predicted octanol–water partition coefficient (Wildman–Crippen LogP) is 1.72. The number of carbonyl (C=O) groups is 1. The Morgan fingerprint density at radius 1 is 1.55 bits per heavy atom. The van der Waals surface area contributed by atoms with Gasteiger partial charge in [0.25, 0.3) is 0 Å². The highest BCUT2D eigenvalue weighted by molar-refractivity contribution is 5.78. The largest absolute Gasteiger partial charge is 0.480 e. The average molecular weight is 286 g/mol. The molecule has 2 N–H and O–H groups in total. The minimum absolute atomic E-state index is 0.146. The van der Waals surface area contributed by atoms with E-state index < -0.39 is 11.5 Å². The number of ether oxygens (including phenoxy) is 1. The van der Waals surface area contributed by atoms with Gasteiger partial charge in [-0.15, -0.1) is 0 Å². The van der Waals surface area contributed by atoms with Crippen molar-refractivity contribution in [3.63, 3.8) is 0 Å². The van der Waals surface area contributed by atoms with Crippen molar-refractivity contribution in [2.75, 3.05) is 26.2 Å². The molecule has 0 aliphatic carbocycles. The molecule has 1 aliphatic heterocycles. The van der Waals surface area contributed by atoms with Gasteiger partial charge in [0.05, 0.1) is 6.10 Å². The molecule has 1 heterocycles. The van der Waals surface area contributed by atoms with Crippen molar-refractivity contribution in [2.45, 2.75) is 64.6 Å². The van der Waals surface area contributed by atoms with Crippen LogP contribution >= 0.6 is 0 Å². The van der Waals surface area contributed by atoms with E-state index in [2.05, 4.69) is 17.1 Å². The van der Waals surface area contributed by atoms with Crippen LogP contribution in [-0.4, -0.2) is 59.9 Å². The van der Waals surface area contributed by atoms with Gasteiger partial charge in [0, 0.05) is 25.7 Å². The molecule has 0 saturated carbocycles. The molecule has 0 aromatic rings. The highest BCUT2D eigenvalue weighted by Crippen LogP contribution is 2.17. The number of hydrogen-bond acceptors (Lipinski definition) is 4. The first kappa shape index (κ1) is 17.4. The van der Waals surface area contributed by atoms with Gasteiger partial charge in [-0.25, -0.2) is 0 Å². The topological polar surface area (TPSA) is 61.8 Å². The second-order valence-electron chi connectivity index (χ2n) is 6.31. The van der Waals surface area contributed by atoms with Crippen LogP contribution in [0.3, 0.4) is 0 Å². The normalized spacial score (nSPS) is 23.8. The molecule has 0 spiro atoms. The molecule has 2 atom stereocenters. The molecule has 1 aliphatic rings. The smallest absolute Gasteiger partial charge is 0.324 e. The summed E-state index contributed by atoms with van der Waals surface area (Å²) in [5, 5.41) is 12.7. The Morgan fingerprint density at radius 2 is 2.25 bits per heavy atom. The molecular formula is C15H30N2O3. The third-order valence-electron chi connectivity index (χ3n) is 3.64.